The van der Waals surface area contributed by atoms with Crippen molar-refractivity contribution >= 4 is 79.5 Å². The third-order valence-electron chi connectivity index (χ3n) is 5.36. The van der Waals surface area contributed by atoms with E-state index in [2.05, 4.69) is 15.6 Å². The Bertz CT molecular complexity index is 1460. The van der Waals surface area contributed by atoms with Gasteiger partial charge in [0, 0.05) is 36.9 Å². The summed E-state index contributed by atoms with van der Waals surface area (Å²) in [6.45, 7) is 0.763. The predicted octanol–water partition coefficient (Wildman–Crippen LogP) is 4.94. The number of ether oxygens (including phenoxy) is 1. The molecule has 0 radical (unpaired) electrons. The lowest BCUT2D eigenvalue weighted by atomic mass is 10.1. The van der Waals surface area contributed by atoms with E-state index in [1.54, 1.807) is 11.4 Å². The van der Waals surface area contributed by atoms with Gasteiger partial charge >= 0.3 is 0 Å². The van der Waals surface area contributed by atoms with Crippen molar-refractivity contribution in [2.24, 2.45) is 0 Å². The second-order valence-electron chi connectivity index (χ2n) is 8.60. The van der Waals surface area contributed by atoms with Gasteiger partial charge in [-0.15, -0.1) is 11.3 Å². The number of benzene rings is 1. The van der Waals surface area contributed by atoms with E-state index in [1.807, 2.05) is 19.0 Å². The van der Waals surface area contributed by atoms with E-state index in [-0.39, 0.29) is 50.8 Å². The Kier molecular flexibility index (Phi) is 10.6. The summed E-state index contributed by atoms with van der Waals surface area (Å²) in [5, 5.41) is 7.66. The summed E-state index contributed by atoms with van der Waals surface area (Å²) in [7, 11) is 1.52. The van der Waals surface area contributed by atoms with Crippen LogP contribution in [0, 0.1) is 0 Å². The molecule has 0 atom stereocenters. The second kappa shape index (κ2) is 13.3. The Balaban J connectivity index is 1.89. The topological polar surface area (TPSA) is 121 Å². The van der Waals surface area contributed by atoms with Crippen LogP contribution in [0.3, 0.4) is 0 Å². The SMILES string of the molecule is COc1cc(Cl)cc(C(=O)Nc2ccc(Cl)cn2)c1NC(=O)c1scc(CN(CCN(C)C)S(C)(=O)=O)c1Cl. The molecule has 1 aromatic carbocycles. The van der Waals surface area contributed by atoms with Gasteiger partial charge in [0.1, 0.15) is 16.4 Å². The van der Waals surface area contributed by atoms with Crippen molar-refractivity contribution in [1.29, 1.82) is 0 Å². The Hall–Kier alpha value is -2.45. The van der Waals surface area contributed by atoms with Gasteiger partial charge in [0.05, 0.1) is 34.7 Å². The molecule has 15 heteroatoms. The zero-order valence-electron chi connectivity index (χ0n) is 21.4. The fourth-order valence-corrected chi connectivity index (χ4v) is 5.71. The minimum absolute atomic E-state index is 0.00129. The number of hydrogen-bond acceptors (Lipinski definition) is 8. The second-order valence-corrected chi connectivity index (χ2v) is 12.7. The van der Waals surface area contributed by atoms with Crippen LogP contribution in [0.1, 0.15) is 25.6 Å². The molecule has 2 amide bonds. The number of nitrogens with one attached hydrogen (secondary N) is 2. The van der Waals surface area contributed by atoms with Crippen LogP contribution in [0.25, 0.3) is 0 Å². The highest BCUT2D eigenvalue weighted by atomic mass is 35.5. The van der Waals surface area contributed by atoms with E-state index in [0.29, 0.717) is 17.1 Å². The molecule has 10 nitrogen and oxygen atoms in total. The minimum Gasteiger partial charge on any atom is -0.494 e. The first-order chi connectivity index (χ1) is 18.3. The van der Waals surface area contributed by atoms with E-state index >= 15 is 0 Å². The van der Waals surface area contributed by atoms with Crippen molar-refractivity contribution in [1.82, 2.24) is 14.2 Å². The Morgan fingerprint density at radius 2 is 1.77 bits per heavy atom. The summed E-state index contributed by atoms with van der Waals surface area (Å²) in [5.74, 6) is -0.848. The lowest BCUT2D eigenvalue weighted by Crippen LogP contribution is -2.35. The first-order valence-corrected chi connectivity index (χ1v) is 15.1. The third-order valence-corrected chi connectivity index (χ3v) is 8.62. The average molecular weight is 635 g/mol. The summed E-state index contributed by atoms with van der Waals surface area (Å²) in [6.07, 6.45) is 2.50. The Morgan fingerprint density at radius 1 is 1.05 bits per heavy atom. The molecule has 0 unspecified atom stereocenters. The van der Waals surface area contributed by atoms with Crippen molar-refractivity contribution in [2.75, 3.05) is 51.2 Å². The molecular weight excluding hydrogens is 609 g/mol. The number of carbonyl (C=O) groups excluding carboxylic acids is 2. The van der Waals surface area contributed by atoms with Gasteiger partial charge in [0.2, 0.25) is 10.0 Å². The van der Waals surface area contributed by atoms with Gasteiger partial charge in [-0.3, -0.25) is 9.59 Å². The fraction of sp³-hybridized carbons (Fsp3) is 0.292. The molecule has 0 bridgehead atoms. The first-order valence-electron chi connectivity index (χ1n) is 11.3. The number of thiophene rings is 1. The molecule has 2 heterocycles. The zero-order chi connectivity index (χ0) is 28.9. The fourth-order valence-electron chi connectivity index (χ4n) is 3.36. The molecule has 39 heavy (non-hydrogen) atoms. The number of sulfonamides is 1. The average Bonchev–Trinajstić information content (AvgIpc) is 3.22. The van der Waals surface area contributed by atoms with E-state index in [9.17, 15) is 18.0 Å². The molecule has 2 N–H and O–H groups in total. The van der Waals surface area contributed by atoms with Crippen LogP contribution in [0.15, 0.2) is 35.8 Å². The summed E-state index contributed by atoms with van der Waals surface area (Å²) < 4.78 is 31.3. The number of aromatic nitrogens is 1. The molecule has 0 saturated heterocycles. The van der Waals surface area contributed by atoms with Crippen molar-refractivity contribution in [3.8, 4) is 5.75 Å². The van der Waals surface area contributed by atoms with Gasteiger partial charge in [-0.25, -0.2) is 13.4 Å². The van der Waals surface area contributed by atoms with Crippen LogP contribution in [-0.2, 0) is 16.6 Å². The van der Waals surface area contributed by atoms with Crippen molar-refractivity contribution in [3.05, 3.63) is 66.9 Å². The number of pyridine rings is 1. The molecule has 2 aromatic heterocycles. The molecule has 0 aliphatic heterocycles. The van der Waals surface area contributed by atoms with Gasteiger partial charge < -0.3 is 20.3 Å². The van der Waals surface area contributed by atoms with Crippen LogP contribution in [0.4, 0.5) is 11.5 Å². The van der Waals surface area contributed by atoms with Gasteiger partial charge in [-0.2, -0.15) is 4.31 Å². The molecular formula is C24H26Cl3N5O5S2. The van der Waals surface area contributed by atoms with Crippen LogP contribution >= 0.6 is 46.1 Å². The summed E-state index contributed by atoms with van der Waals surface area (Å²) in [4.78, 5) is 32.5. The Labute approximate surface area is 245 Å². The molecule has 0 aliphatic rings. The highest BCUT2D eigenvalue weighted by Gasteiger charge is 2.25. The monoisotopic (exact) mass is 633 g/mol. The molecule has 3 aromatic rings. The molecule has 0 fully saturated rings. The minimum atomic E-state index is -3.53. The molecule has 0 spiro atoms. The van der Waals surface area contributed by atoms with E-state index < -0.39 is 21.8 Å². The highest BCUT2D eigenvalue weighted by Crippen LogP contribution is 2.35. The third kappa shape index (κ3) is 8.27. The number of anilines is 2. The van der Waals surface area contributed by atoms with E-state index in [1.165, 1.54) is 35.8 Å². The maximum Gasteiger partial charge on any atom is 0.267 e. The quantitative estimate of drug-likeness (QED) is 0.307. The number of nitrogens with zero attached hydrogens (tertiary/aromatic N) is 3. The maximum absolute atomic E-state index is 13.3. The zero-order valence-corrected chi connectivity index (χ0v) is 25.3. The number of rotatable bonds is 11. The lowest BCUT2D eigenvalue weighted by Gasteiger charge is -2.21. The number of methoxy groups -OCH3 is 1. The lowest BCUT2D eigenvalue weighted by molar-refractivity contribution is 0.102. The van der Waals surface area contributed by atoms with Crippen molar-refractivity contribution in [3.63, 3.8) is 0 Å². The van der Waals surface area contributed by atoms with Crippen molar-refractivity contribution < 1.29 is 22.7 Å². The normalized spacial score (nSPS) is 11.6. The van der Waals surface area contributed by atoms with E-state index in [4.69, 9.17) is 39.5 Å². The smallest absolute Gasteiger partial charge is 0.267 e. The number of amides is 2. The van der Waals surface area contributed by atoms with Crippen LogP contribution in [-0.4, -0.2) is 75.0 Å². The molecule has 0 aliphatic carbocycles. The number of likely N-dealkylation sites (N-methyl/N-ethyl adjacent to an activating group) is 1. The largest absolute Gasteiger partial charge is 0.494 e. The number of hydrogen-bond donors (Lipinski definition) is 2. The first kappa shape index (κ1) is 31.1. The van der Waals surface area contributed by atoms with Gasteiger partial charge in [0.25, 0.3) is 11.8 Å². The van der Waals surface area contributed by atoms with E-state index in [0.717, 1.165) is 17.6 Å². The van der Waals surface area contributed by atoms with Crippen LogP contribution in [0.2, 0.25) is 15.1 Å². The maximum atomic E-state index is 13.3. The summed E-state index contributed by atoms with van der Waals surface area (Å²) in [5.41, 5.74) is 0.559. The molecule has 210 valence electrons. The Morgan fingerprint density at radius 3 is 2.36 bits per heavy atom. The highest BCUT2D eigenvalue weighted by molar-refractivity contribution is 7.88. The van der Waals surface area contributed by atoms with Gasteiger partial charge in [0.15, 0.2) is 0 Å². The summed E-state index contributed by atoms with van der Waals surface area (Å²) >= 11 is 19.6. The predicted molar refractivity (Wildman–Crippen MR) is 156 cm³/mol. The standard InChI is InChI=1S/C24H26Cl3N5O5S2/c1-31(2)7-8-32(39(4,35)36)12-14-13-38-22(20(14)27)24(34)30-21-17(9-16(26)10-18(21)37-3)23(33)29-19-6-5-15(25)11-28-19/h5-6,9-11,13H,7-8,12H2,1-4H3,(H,30,34)(H,28,29,33). The van der Waals surface area contributed by atoms with Gasteiger partial charge in [-0.05, 0) is 43.2 Å². The number of halogens is 3. The summed E-state index contributed by atoms with van der Waals surface area (Å²) in [6, 6.07) is 5.91. The van der Waals surface area contributed by atoms with Crippen molar-refractivity contribution in [2.45, 2.75) is 6.54 Å². The number of carbonyl (C=O) groups is 2. The molecule has 0 saturated carbocycles. The van der Waals surface area contributed by atoms with Crippen LogP contribution in [0.5, 0.6) is 5.75 Å². The van der Waals surface area contributed by atoms with Gasteiger partial charge in [-0.1, -0.05) is 34.8 Å². The molecule has 3 rings (SSSR count). The van der Waals surface area contributed by atoms with Crippen LogP contribution < -0.4 is 15.4 Å².